The van der Waals surface area contributed by atoms with E-state index in [1.807, 2.05) is 55.4 Å². The van der Waals surface area contributed by atoms with Gasteiger partial charge in [-0.05, 0) is 116 Å². The Balaban J connectivity index is 2.30. The van der Waals surface area contributed by atoms with Crippen LogP contribution in [0.4, 0.5) is 0 Å². The Labute approximate surface area is 478 Å². The number of hydrogen-bond acceptors (Lipinski definition) is 13. The number of rotatable bonds is 30. The van der Waals surface area contributed by atoms with Gasteiger partial charge in [-0.2, -0.15) is 0 Å². The van der Waals surface area contributed by atoms with Crippen LogP contribution in [0.2, 0.25) is 0 Å². The zero-order valence-corrected chi connectivity index (χ0v) is 51.1. The van der Waals surface area contributed by atoms with Crippen molar-refractivity contribution in [3.8, 4) is 0 Å². The minimum Gasteiger partial charge on any atom is -0.394 e. The molecule has 12 N–H and O–H groups in total. The first-order valence-corrected chi connectivity index (χ1v) is 28.5. The summed E-state index contributed by atoms with van der Waals surface area (Å²) >= 11 is 0. The molecule has 2 aliphatic rings. The van der Waals surface area contributed by atoms with Crippen molar-refractivity contribution in [2.24, 2.45) is 35.3 Å². The lowest BCUT2D eigenvalue weighted by atomic mass is 9.97. The number of nitrogens with two attached hydrogens (primary N) is 1. The molecular formula is C56H98N12O13. The molecule has 0 unspecified atom stereocenters. The lowest BCUT2D eigenvalue weighted by molar-refractivity contribution is -0.146. The highest BCUT2D eigenvalue weighted by Gasteiger charge is 2.46. The summed E-state index contributed by atoms with van der Waals surface area (Å²) in [5.41, 5.74) is 0.748. The Kier molecular flexibility index (Phi) is 26.7. The van der Waals surface area contributed by atoms with Crippen LogP contribution < -0.4 is 53.6 Å². The molecule has 12 amide bonds. The van der Waals surface area contributed by atoms with E-state index in [9.17, 15) is 62.6 Å². The van der Waals surface area contributed by atoms with E-state index in [0.717, 1.165) is 0 Å². The van der Waals surface area contributed by atoms with Crippen molar-refractivity contribution >= 4 is 70.9 Å². The molecule has 25 nitrogen and oxygen atoms in total. The predicted molar refractivity (Wildman–Crippen MR) is 302 cm³/mol. The number of aliphatic hydroxyl groups is 1. The number of amides is 12. The van der Waals surface area contributed by atoms with Crippen LogP contribution in [0.25, 0.3) is 0 Å². The second-order valence-electron chi connectivity index (χ2n) is 25.4. The molecule has 2 rings (SSSR count). The Morgan fingerprint density at radius 3 is 1.26 bits per heavy atom. The molecule has 0 spiro atoms. The van der Waals surface area contributed by atoms with Gasteiger partial charge in [0.2, 0.25) is 70.9 Å². The number of hydrogen-bond donors (Lipinski definition) is 11. The third kappa shape index (κ3) is 21.5. The van der Waals surface area contributed by atoms with Crippen molar-refractivity contribution in [2.45, 2.75) is 234 Å². The number of likely N-dealkylation sites (tertiary alicyclic amines) is 2. The smallest absolute Gasteiger partial charge is 0.248 e. The van der Waals surface area contributed by atoms with E-state index in [1.165, 1.54) is 58.3 Å². The lowest BCUT2D eigenvalue weighted by Crippen LogP contribution is -2.64. The van der Waals surface area contributed by atoms with E-state index >= 15 is 0 Å². The maximum absolute atomic E-state index is 14.5. The number of carbonyl (C=O) groups is 12. The summed E-state index contributed by atoms with van der Waals surface area (Å²) in [7, 11) is 0. The van der Waals surface area contributed by atoms with E-state index < -0.39 is 148 Å². The summed E-state index contributed by atoms with van der Waals surface area (Å²) in [6.45, 7) is 28.1. The van der Waals surface area contributed by atoms with Gasteiger partial charge < -0.3 is 68.5 Å². The highest BCUT2D eigenvalue weighted by Crippen LogP contribution is 2.25. The van der Waals surface area contributed by atoms with E-state index in [-0.39, 0.29) is 69.1 Å². The summed E-state index contributed by atoms with van der Waals surface area (Å²) in [4.78, 5) is 166. The van der Waals surface area contributed by atoms with Crippen molar-refractivity contribution in [2.75, 3.05) is 19.7 Å². The molecule has 2 fully saturated rings. The normalized spacial score (nSPS) is 18.1. The van der Waals surface area contributed by atoms with Crippen LogP contribution >= 0.6 is 0 Å². The molecule has 0 aromatic carbocycles. The lowest BCUT2D eigenvalue weighted by Gasteiger charge is -2.35. The van der Waals surface area contributed by atoms with E-state index in [2.05, 4.69) is 47.9 Å². The largest absolute Gasteiger partial charge is 0.394 e. The van der Waals surface area contributed by atoms with Gasteiger partial charge in [-0.15, -0.1) is 0 Å². The van der Waals surface area contributed by atoms with Crippen LogP contribution in [0.5, 0.6) is 0 Å². The van der Waals surface area contributed by atoms with Gasteiger partial charge in [0.25, 0.3) is 0 Å². The number of primary amides is 1. The number of nitrogens with one attached hydrogen (secondary N) is 9. The monoisotopic (exact) mass is 1150 g/mol. The van der Waals surface area contributed by atoms with Crippen molar-refractivity contribution in [1.29, 1.82) is 0 Å². The SMILES string of the molecule is CC(=O)NC(C)(C)C(=O)N[C@H](CC(N)=O)C(=O)N[C@@H](C(=O)N[C@H](CC(C)C)C(=O)NC(C)(C)C(=O)N1CCC[C@H]1C(=O)N[C@H](CC(C)C)C(=O)N[C@H](CC(C)C)C(=O)NC(C)(C)C(=O)N1CCC[C@@H]1C(=O)N[C@H](CO)C(C)C)C(C)C. The first kappa shape index (κ1) is 70.7. The molecule has 0 aromatic rings. The molecule has 81 heavy (non-hydrogen) atoms. The van der Waals surface area contributed by atoms with Gasteiger partial charge in [-0.25, -0.2) is 0 Å². The van der Waals surface area contributed by atoms with Crippen LogP contribution in [-0.2, 0) is 57.5 Å². The molecule has 0 radical (unpaired) electrons. The first-order chi connectivity index (χ1) is 37.3. The number of carbonyl (C=O) groups excluding carboxylic acids is 12. The molecule has 2 aliphatic heterocycles. The first-order valence-electron chi connectivity index (χ1n) is 28.5. The number of aliphatic hydroxyl groups excluding tert-OH is 1. The fourth-order valence-electron chi connectivity index (χ4n) is 9.83. The van der Waals surface area contributed by atoms with E-state index in [0.29, 0.717) is 19.3 Å². The Bertz CT molecular complexity index is 2280. The second-order valence-corrected chi connectivity index (χ2v) is 25.4. The zero-order chi connectivity index (χ0) is 62.2. The summed E-state index contributed by atoms with van der Waals surface area (Å²) in [5, 5.41) is 34.0. The maximum atomic E-state index is 14.5. The Hall–Kier alpha value is -6.40. The van der Waals surface area contributed by atoms with Gasteiger partial charge in [0.1, 0.15) is 58.9 Å². The zero-order valence-electron chi connectivity index (χ0n) is 51.1. The van der Waals surface area contributed by atoms with Crippen LogP contribution in [0, 0.1) is 29.6 Å². The van der Waals surface area contributed by atoms with Gasteiger partial charge >= 0.3 is 0 Å². The summed E-state index contributed by atoms with van der Waals surface area (Å²) in [6, 6.07) is -8.76. The van der Waals surface area contributed by atoms with Gasteiger partial charge in [-0.3, -0.25) is 57.5 Å². The molecule has 8 atom stereocenters. The van der Waals surface area contributed by atoms with Crippen molar-refractivity contribution in [3.63, 3.8) is 0 Å². The standard InChI is InChI=1S/C56H98N12O13/c1-29(2)24-35(44(72)58-36(25-30(3)4)46(74)65-55(14,15)53(81)68-23-19-21-41(68)49(77)61-39(28-69)32(7)8)59-48(76)40-20-18-22-67(40)52(80)56(16,17)66-47(75)37(26-31(5)6)60-50(78)43(33(9)10)63-45(73)38(27-42(57)71)62-51(79)54(12,13)64-34(11)70/h29-33,35-41,43,69H,18-28H2,1-17H3,(H2,57,71)(H,58,72)(H,59,76)(H,60,78)(H,61,77)(H,62,79)(H,63,73)(H,64,70)(H,65,74)(H,66,75)/t35-,36-,37-,38-,39-,40+,41-,43-/m1/s1. The minimum atomic E-state index is -1.66. The summed E-state index contributed by atoms with van der Waals surface area (Å²) in [5.74, 6) is -9.26. The average Bonchev–Trinajstić information content (AvgIpc) is 4.21. The third-order valence-corrected chi connectivity index (χ3v) is 14.3. The summed E-state index contributed by atoms with van der Waals surface area (Å²) < 4.78 is 0. The van der Waals surface area contributed by atoms with Crippen LogP contribution in [-0.4, -0.2) is 170 Å². The van der Waals surface area contributed by atoms with Crippen LogP contribution in [0.3, 0.4) is 0 Å². The maximum Gasteiger partial charge on any atom is 0.248 e. The Morgan fingerprint density at radius 2 is 0.889 bits per heavy atom. The molecule has 0 bridgehead atoms. The minimum absolute atomic E-state index is 0.0534. The predicted octanol–water partition coefficient (Wildman–Crippen LogP) is -0.101. The van der Waals surface area contributed by atoms with Crippen LogP contribution in [0.1, 0.15) is 169 Å². The summed E-state index contributed by atoms with van der Waals surface area (Å²) in [6.07, 6.45) is 1.36. The topological polar surface area (TPSA) is 366 Å². The molecule has 0 saturated carbocycles. The van der Waals surface area contributed by atoms with Gasteiger partial charge in [0.15, 0.2) is 0 Å². The third-order valence-electron chi connectivity index (χ3n) is 14.3. The fraction of sp³-hybridized carbons (Fsp3) is 0.786. The number of nitrogens with zero attached hydrogens (tertiary/aromatic N) is 2. The van der Waals surface area contributed by atoms with E-state index in [1.54, 1.807) is 13.8 Å². The van der Waals surface area contributed by atoms with E-state index in [4.69, 9.17) is 5.73 Å². The molecule has 0 aliphatic carbocycles. The van der Waals surface area contributed by atoms with Gasteiger partial charge in [-0.1, -0.05) is 69.2 Å². The average molecular weight is 1150 g/mol. The molecule has 2 heterocycles. The highest BCUT2D eigenvalue weighted by molar-refractivity contribution is 6.01. The Morgan fingerprint density at radius 1 is 0.494 bits per heavy atom. The second kappa shape index (κ2) is 30.6. The van der Waals surface area contributed by atoms with Crippen molar-refractivity contribution in [3.05, 3.63) is 0 Å². The van der Waals surface area contributed by atoms with Gasteiger partial charge in [0.05, 0.1) is 19.1 Å². The molecule has 460 valence electrons. The van der Waals surface area contributed by atoms with Crippen molar-refractivity contribution < 1.29 is 62.6 Å². The molecule has 2 saturated heterocycles. The fourth-order valence-corrected chi connectivity index (χ4v) is 9.83. The van der Waals surface area contributed by atoms with Gasteiger partial charge in [0, 0.05) is 20.0 Å². The highest BCUT2D eigenvalue weighted by atomic mass is 16.3. The van der Waals surface area contributed by atoms with Crippen LogP contribution in [0.15, 0.2) is 0 Å². The molecule has 0 aromatic heterocycles. The molecular weight excluding hydrogens is 1050 g/mol. The quantitative estimate of drug-likeness (QED) is 0.0448. The van der Waals surface area contributed by atoms with Crippen molar-refractivity contribution in [1.82, 2.24) is 57.7 Å². The molecule has 25 heteroatoms.